The first kappa shape index (κ1) is 17.1. The maximum absolute atomic E-state index is 13.8. The van der Waals surface area contributed by atoms with E-state index in [4.69, 9.17) is 4.74 Å². The summed E-state index contributed by atoms with van der Waals surface area (Å²) in [5.41, 5.74) is -1.89. The average Bonchev–Trinajstić information content (AvgIpc) is 2.50. The Labute approximate surface area is 131 Å². The zero-order valence-corrected chi connectivity index (χ0v) is 12.5. The number of esters is 1. The van der Waals surface area contributed by atoms with Crippen LogP contribution in [0.15, 0.2) is 30.3 Å². The Morgan fingerprint density at radius 2 is 1.87 bits per heavy atom. The minimum atomic E-state index is -4.08. The molecule has 126 valence electrons. The molecule has 1 amide bonds. The third-order valence-electron chi connectivity index (χ3n) is 3.48. The number of alkyl halides is 2. The van der Waals surface area contributed by atoms with Crippen molar-refractivity contribution in [3.8, 4) is 0 Å². The number of rotatable bonds is 5. The van der Waals surface area contributed by atoms with Crippen molar-refractivity contribution in [2.75, 3.05) is 19.7 Å². The predicted octanol–water partition coefficient (Wildman–Crippen LogP) is 1.57. The highest BCUT2D eigenvalue weighted by Crippen LogP contribution is 2.38. The second kappa shape index (κ2) is 6.49. The van der Waals surface area contributed by atoms with Crippen LogP contribution in [0.3, 0.4) is 0 Å². The Balaban J connectivity index is 1.87. The molecule has 0 aliphatic carbocycles. The lowest BCUT2D eigenvalue weighted by molar-refractivity contribution is -0.243. The summed E-state index contributed by atoms with van der Waals surface area (Å²) in [7, 11) is 0. The van der Waals surface area contributed by atoms with Crippen LogP contribution in [-0.2, 0) is 20.9 Å². The van der Waals surface area contributed by atoms with Gasteiger partial charge in [0.15, 0.2) is 5.60 Å². The number of carbonyl (C=O) groups excluding carboxylic acids is 2. The number of likely N-dealkylation sites (tertiary alicyclic amines) is 1. The molecule has 23 heavy (non-hydrogen) atoms. The minimum absolute atomic E-state index is 0.0110. The Kier molecular flexibility index (Phi) is 4.84. The summed E-state index contributed by atoms with van der Waals surface area (Å²) >= 11 is 0. The lowest BCUT2D eigenvalue weighted by Gasteiger charge is -2.47. The van der Waals surface area contributed by atoms with Gasteiger partial charge in [0.1, 0.15) is 6.61 Å². The largest absolute Gasteiger partial charge is 0.461 e. The third-order valence-corrected chi connectivity index (χ3v) is 3.48. The van der Waals surface area contributed by atoms with Crippen LogP contribution >= 0.6 is 0 Å². The van der Waals surface area contributed by atoms with E-state index in [2.05, 4.69) is 4.74 Å². The Morgan fingerprint density at radius 3 is 2.43 bits per heavy atom. The second-order valence-corrected chi connectivity index (χ2v) is 5.22. The molecule has 1 aliphatic heterocycles. The molecule has 1 aromatic rings. The van der Waals surface area contributed by atoms with Crippen LogP contribution in [0.1, 0.15) is 12.5 Å². The number of β-amino-alcohol motifs (C(OH)–C–C–N with tert-alkyl or cyclic N) is 1. The quantitative estimate of drug-likeness (QED) is 0.830. The number of hydrogen-bond acceptors (Lipinski definition) is 5. The van der Waals surface area contributed by atoms with Gasteiger partial charge in [-0.3, -0.25) is 0 Å². The van der Waals surface area contributed by atoms with Gasteiger partial charge in [0.05, 0.1) is 19.7 Å². The summed E-state index contributed by atoms with van der Waals surface area (Å²) in [6.07, 6.45) is -0.835. The summed E-state index contributed by atoms with van der Waals surface area (Å²) < 4.78 is 36.8. The fourth-order valence-electron chi connectivity index (χ4n) is 2.14. The van der Waals surface area contributed by atoms with Gasteiger partial charge < -0.3 is 19.5 Å². The molecule has 1 aliphatic rings. The smallest absolute Gasteiger partial charge is 0.410 e. The van der Waals surface area contributed by atoms with Gasteiger partial charge in [-0.15, -0.1) is 0 Å². The maximum atomic E-state index is 13.8. The number of ether oxygens (including phenoxy) is 2. The number of amides is 1. The van der Waals surface area contributed by atoms with Crippen molar-refractivity contribution in [1.82, 2.24) is 4.90 Å². The number of benzene rings is 1. The highest BCUT2D eigenvalue weighted by Gasteiger charge is 2.66. The van der Waals surface area contributed by atoms with Crippen molar-refractivity contribution < 1.29 is 33.0 Å². The van der Waals surface area contributed by atoms with E-state index < -0.39 is 36.7 Å². The SMILES string of the molecule is CCOC(=O)C(F)(F)C1(O)CN(C(=O)OCc2ccccc2)C1. The first-order valence-electron chi connectivity index (χ1n) is 7.03. The highest BCUT2D eigenvalue weighted by atomic mass is 19.3. The van der Waals surface area contributed by atoms with Gasteiger partial charge in [-0.05, 0) is 12.5 Å². The van der Waals surface area contributed by atoms with Gasteiger partial charge in [-0.2, -0.15) is 8.78 Å². The molecular weight excluding hydrogens is 312 g/mol. The van der Waals surface area contributed by atoms with Gasteiger partial charge in [-0.25, -0.2) is 9.59 Å². The predicted molar refractivity (Wildman–Crippen MR) is 74.7 cm³/mol. The zero-order chi connectivity index (χ0) is 17.1. The van der Waals surface area contributed by atoms with Crippen LogP contribution in [0.25, 0.3) is 0 Å². The molecule has 0 aromatic heterocycles. The van der Waals surface area contributed by atoms with E-state index in [1.807, 2.05) is 0 Å². The maximum Gasteiger partial charge on any atom is 0.410 e. The third kappa shape index (κ3) is 3.42. The topological polar surface area (TPSA) is 76.1 Å². The van der Waals surface area contributed by atoms with Crippen LogP contribution in [0.5, 0.6) is 0 Å². The van der Waals surface area contributed by atoms with Gasteiger partial charge in [0.2, 0.25) is 0 Å². The molecule has 1 saturated heterocycles. The molecule has 0 unspecified atom stereocenters. The van der Waals surface area contributed by atoms with Gasteiger partial charge >= 0.3 is 18.0 Å². The van der Waals surface area contributed by atoms with E-state index in [0.717, 1.165) is 10.5 Å². The molecule has 8 heteroatoms. The summed E-state index contributed by atoms with van der Waals surface area (Å²) in [5.74, 6) is -5.89. The standard InChI is InChI=1S/C15H17F2NO5/c1-2-22-12(19)15(16,17)14(21)9-18(10-14)13(20)23-8-11-6-4-3-5-7-11/h3-7,21H,2,8-10H2,1H3. The number of hydrogen-bond donors (Lipinski definition) is 1. The number of halogens is 2. The lowest BCUT2D eigenvalue weighted by atomic mass is 9.87. The van der Waals surface area contributed by atoms with Crippen LogP contribution in [0, 0.1) is 0 Å². The van der Waals surface area contributed by atoms with Gasteiger partial charge in [0.25, 0.3) is 0 Å². The van der Waals surface area contributed by atoms with Crippen molar-refractivity contribution in [3.63, 3.8) is 0 Å². The van der Waals surface area contributed by atoms with Crippen LogP contribution < -0.4 is 0 Å². The molecule has 6 nitrogen and oxygen atoms in total. The Hall–Kier alpha value is -2.22. The van der Waals surface area contributed by atoms with Crippen molar-refractivity contribution >= 4 is 12.1 Å². The molecule has 1 aromatic carbocycles. The van der Waals surface area contributed by atoms with Crippen LogP contribution in [0.2, 0.25) is 0 Å². The lowest BCUT2D eigenvalue weighted by Crippen LogP contribution is -2.73. The average molecular weight is 329 g/mol. The molecule has 0 radical (unpaired) electrons. The van der Waals surface area contributed by atoms with E-state index in [9.17, 15) is 23.5 Å². The van der Waals surface area contributed by atoms with Crippen molar-refractivity contribution in [1.29, 1.82) is 0 Å². The molecule has 2 rings (SSSR count). The first-order chi connectivity index (χ1) is 10.8. The van der Waals surface area contributed by atoms with Crippen molar-refractivity contribution in [3.05, 3.63) is 35.9 Å². The number of aliphatic hydroxyl groups is 1. The number of nitrogens with zero attached hydrogens (tertiary/aromatic N) is 1. The normalized spacial score (nSPS) is 16.4. The fourth-order valence-corrected chi connectivity index (χ4v) is 2.14. The molecule has 0 spiro atoms. The molecule has 0 atom stereocenters. The Bertz CT molecular complexity index is 572. The molecule has 1 heterocycles. The fraction of sp³-hybridized carbons (Fsp3) is 0.467. The van der Waals surface area contributed by atoms with Crippen molar-refractivity contribution in [2.24, 2.45) is 0 Å². The minimum Gasteiger partial charge on any atom is -0.461 e. The zero-order valence-electron chi connectivity index (χ0n) is 12.5. The van der Waals surface area contributed by atoms with Gasteiger partial charge in [-0.1, -0.05) is 30.3 Å². The van der Waals surface area contributed by atoms with E-state index >= 15 is 0 Å². The summed E-state index contributed by atoms with van der Waals surface area (Å²) in [5, 5.41) is 9.84. The van der Waals surface area contributed by atoms with Gasteiger partial charge in [0, 0.05) is 0 Å². The molecular formula is C15H17F2NO5. The summed E-state index contributed by atoms with van der Waals surface area (Å²) in [6, 6.07) is 8.83. The monoisotopic (exact) mass is 329 g/mol. The van der Waals surface area contributed by atoms with Crippen LogP contribution in [0.4, 0.5) is 13.6 Å². The first-order valence-corrected chi connectivity index (χ1v) is 7.03. The van der Waals surface area contributed by atoms with E-state index in [1.54, 1.807) is 30.3 Å². The number of carbonyl (C=O) groups is 2. The molecule has 0 saturated carbocycles. The Morgan fingerprint density at radius 1 is 1.26 bits per heavy atom. The summed E-state index contributed by atoms with van der Waals surface area (Å²) in [4.78, 5) is 23.9. The second-order valence-electron chi connectivity index (χ2n) is 5.22. The van der Waals surface area contributed by atoms with E-state index in [0.29, 0.717) is 0 Å². The van der Waals surface area contributed by atoms with E-state index in [1.165, 1.54) is 6.92 Å². The molecule has 0 bridgehead atoms. The molecule has 1 N–H and O–H groups in total. The van der Waals surface area contributed by atoms with Crippen molar-refractivity contribution in [2.45, 2.75) is 25.1 Å². The van der Waals surface area contributed by atoms with Crippen LogP contribution in [-0.4, -0.2) is 53.3 Å². The van der Waals surface area contributed by atoms with E-state index in [-0.39, 0.29) is 13.2 Å². The summed E-state index contributed by atoms with van der Waals surface area (Å²) in [6.45, 7) is -0.263. The highest BCUT2D eigenvalue weighted by molar-refractivity contribution is 5.80. The molecule has 1 fully saturated rings.